The highest BCUT2D eigenvalue weighted by Crippen LogP contribution is 2.13. The maximum absolute atomic E-state index is 11.9. The third kappa shape index (κ3) is 2.66. The SMILES string of the molecule is COC(CNC(=O)c1ccc2ocnc2c1)OC. The van der Waals surface area contributed by atoms with Crippen molar-refractivity contribution in [3.63, 3.8) is 0 Å². The molecule has 6 nitrogen and oxygen atoms in total. The van der Waals surface area contributed by atoms with Gasteiger partial charge in [-0.05, 0) is 18.2 Å². The average molecular weight is 250 g/mol. The topological polar surface area (TPSA) is 73.6 Å². The van der Waals surface area contributed by atoms with E-state index in [2.05, 4.69) is 10.3 Å². The lowest BCUT2D eigenvalue weighted by Crippen LogP contribution is -2.34. The average Bonchev–Trinajstić information content (AvgIpc) is 2.86. The second-order valence-corrected chi connectivity index (χ2v) is 3.65. The fourth-order valence-electron chi connectivity index (χ4n) is 1.54. The van der Waals surface area contributed by atoms with Gasteiger partial charge in [-0.1, -0.05) is 0 Å². The van der Waals surface area contributed by atoms with Crippen molar-refractivity contribution >= 4 is 17.0 Å². The van der Waals surface area contributed by atoms with E-state index in [-0.39, 0.29) is 12.5 Å². The van der Waals surface area contributed by atoms with Crippen molar-refractivity contribution in [1.29, 1.82) is 0 Å². The lowest BCUT2D eigenvalue weighted by molar-refractivity contribution is -0.0974. The Bertz CT molecular complexity index is 534. The molecule has 6 heteroatoms. The Morgan fingerprint density at radius 2 is 2.22 bits per heavy atom. The van der Waals surface area contributed by atoms with Crippen LogP contribution in [-0.2, 0) is 9.47 Å². The molecule has 0 aliphatic heterocycles. The van der Waals surface area contributed by atoms with E-state index in [1.165, 1.54) is 20.6 Å². The van der Waals surface area contributed by atoms with Gasteiger partial charge in [0.2, 0.25) is 0 Å². The molecule has 1 aromatic carbocycles. The monoisotopic (exact) mass is 250 g/mol. The number of methoxy groups -OCH3 is 2. The zero-order valence-corrected chi connectivity index (χ0v) is 10.2. The number of benzene rings is 1. The molecule has 0 spiro atoms. The standard InChI is InChI=1S/C12H14N2O4/c1-16-11(17-2)6-13-12(15)8-3-4-10-9(5-8)14-7-18-10/h3-5,7,11H,6H2,1-2H3,(H,13,15). The number of carbonyl (C=O) groups excluding carboxylic acids is 1. The number of ether oxygens (including phenoxy) is 2. The smallest absolute Gasteiger partial charge is 0.251 e. The number of fused-ring (bicyclic) bond motifs is 1. The summed E-state index contributed by atoms with van der Waals surface area (Å²) >= 11 is 0. The summed E-state index contributed by atoms with van der Waals surface area (Å²) in [4.78, 5) is 15.9. The summed E-state index contributed by atoms with van der Waals surface area (Å²) in [5, 5.41) is 2.71. The lowest BCUT2D eigenvalue weighted by Gasteiger charge is -2.13. The highest BCUT2D eigenvalue weighted by atomic mass is 16.7. The first-order chi connectivity index (χ1) is 8.74. The summed E-state index contributed by atoms with van der Waals surface area (Å²) in [5.41, 5.74) is 1.82. The Hall–Kier alpha value is -1.92. The largest absolute Gasteiger partial charge is 0.443 e. The van der Waals surface area contributed by atoms with Crippen molar-refractivity contribution in [2.75, 3.05) is 20.8 Å². The van der Waals surface area contributed by atoms with Crippen molar-refractivity contribution in [1.82, 2.24) is 10.3 Å². The Morgan fingerprint density at radius 1 is 1.44 bits per heavy atom. The first kappa shape index (κ1) is 12.5. The highest BCUT2D eigenvalue weighted by Gasteiger charge is 2.11. The van der Waals surface area contributed by atoms with Gasteiger partial charge in [-0.25, -0.2) is 4.98 Å². The number of amides is 1. The third-order valence-electron chi connectivity index (χ3n) is 2.55. The van der Waals surface area contributed by atoms with Gasteiger partial charge in [-0.3, -0.25) is 4.79 Å². The second kappa shape index (κ2) is 5.61. The van der Waals surface area contributed by atoms with E-state index in [0.29, 0.717) is 16.7 Å². The molecule has 0 fully saturated rings. The first-order valence-electron chi connectivity index (χ1n) is 5.41. The number of nitrogens with one attached hydrogen (secondary N) is 1. The van der Waals surface area contributed by atoms with Crippen LogP contribution in [0.25, 0.3) is 11.1 Å². The van der Waals surface area contributed by atoms with Crippen LogP contribution >= 0.6 is 0 Å². The Balaban J connectivity index is 2.04. The minimum atomic E-state index is -0.454. The highest BCUT2D eigenvalue weighted by molar-refractivity contribution is 5.97. The van der Waals surface area contributed by atoms with Gasteiger partial charge in [0.15, 0.2) is 18.3 Å². The normalized spacial score (nSPS) is 11.1. The van der Waals surface area contributed by atoms with Crippen molar-refractivity contribution in [2.24, 2.45) is 0 Å². The zero-order chi connectivity index (χ0) is 13.0. The summed E-state index contributed by atoms with van der Waals surface area (Å²) in [5.74, 6) is -0.209. The maximum Gasteiger partial charge on any atom is 0.251 e. The fraction of sp³-hybridized carbons (Fsp3) is 0.333. The van der Waals surface area contributed by atoms with E-state index in [1.807, 2.05) is 0 Å². The van der Waals surface area contributed by atoms with Crippen molar-refractivity contribution < 1.29 is 18.7 Å². The number of nitrogens with zero attached hydrogens (tertiary/aromatic N) is 1. The molecule has 0 atom stereocenters. The minimum Gasteiger partial charge on any atom is -0.443 e. The molecule has 0 bridgehead atoms. The minimum absolute atomic E-state index is 0.209. The molecule has 1 N–H and O–H groups in total. The number of rotatable bonds is 5. The van der Waals surface area contributed by atoms with E-state index in [1.54, 1.807) is 18.2 Å². The van der Waals surface area contributed by atoms with Gasteiger partial charge in [-0.2, -0.15) is 0 Å². The lowest BCUT2D eigenvalue weighted by atomic mass is 10.2. The molecule has 0 radical (unpaired) electrons. The predicted octanol–water partition coefficient (Wildman–Crippen LogP) is 1.18. The number of hydrogen-bond acceptors (Lipinski definition) is 5. The predicted molar refractivity (Wildman–Crippen MR) is 64.1 cm³/mol. The van der Waals surface area contributed by atoms with Gasteiger partial charge in [0.1, 0.15) is 5.52 Å². The molecule has 2 aromatic rings. The quantitative estimate of drug-likeness (QED) is 0.806. The summed E-state index contributed by atoms with van der Waals surface area (Å²) in [6.07, 6.45) is 0.892. The molecule has 0 aliphatic carbocycles. The number of hydrogen-bond donors (Lipinski definition) is 1. The molecule has 1 amide bonds. The van der Waals surface area contributed by atoms with Gasteiger partial charge in [-0.15, -0.1) is 0 Å². The number of aromatic nitrogens is 1. The Kier molecular flexibility index (Phi) is 3.91. The first-order valence-corrected chi connectivity index (χ1v) is 5.41. The Morgan fingerprint density at radius 3 is 2.94 bits per heavy atom. The molecule has 1 heterocycles. The van der Waals surface area contributed by atoms with E-state index < -0.39 is 6.29 Å². The van der Waals surface area contributed by atoms with Crippen molar-refractivity contribution in [3.05, 3.63) is 30.2 Å². The van der Waals surface area contributed by atoms with Crippen LogP contribution in [0.1, 0.15) is 10.4 Å². The van der Waals surface area contributed by atoms with E-state index in [0.717, 1.165) is 0 Å². The van der Waals surface area contributed by atoms with Gasteiger partial charge in [0.05, 0.1) is 6.54 Å². The molecule has 0 saturated carbocycles. The Labute approximate surface area is 104 Å². The second-order valence-electron chi connectivity index (χ2n) is 3.65. The number of carbonyl (C=O) groups is 1. The van der Waals surface area contributed by atoms with E-state index in [9.17, 15) is 4.79 Å². The summed E-state index contributed by atoms with van der Waals surface area (Å²) in [7, 11) is 3.03. The third-order valence-corrected chi connectivity index (χ3v) is 2.55. The van der Waals surface area contributed by atoms with Crippen LogP contribution < -0.4 is 5.32 Å². The molecule has 0 aliphatic rings. The molecule has 2 rings (SSSR count). The summed E-state index contributed by atoms with van der Waals surface area (Å²) < 4.78 is 15.1. The van der Waals surface area contributed by atoms with Gasteiger partial charge >= 0.3 is 0 Å². The van der Waals surface area contributed by atoms with Crippen LogP contribution in [0.5, 0.6) is 0 Å². The van der Waals surface area contributed by atoms with Crippen molar-refractivity contribution in [2.45, 2.75) is 6.29 Å². The van der Waals surface area contributed by atoms with E-state index >= 15 is 0 Å². The van der Waals surface area contributed by atoms with Gasteiger partial charge in [0, 0.05) is 19.8 Å². The molecule has 1 aromatic heterocycles. The van der Waals surface area contributed by atoms with Crippen LogP contribution in [0.15, 0.2) is 29.0 Å². The molecule has 0 saturated heterocycles. The van der Waals surface area contributed by atoms with Crippen LogP contribution in [0.3, 0.4) is 0 Å². The number of oxazole rings is 1. The molecule has 18 heavy (non-hydrogen) atoms. The van der Waals surface area contributed by atoms with Crippen molar-refractivity contribution in [3.8, 4) is 0 Å². The van der Waals surface area contributed by atoms with Crippen LogP contribution in [0.4, 0.5) is 0 Å². The molecular weight excluding hydrogens is 236 g/mol. The van der Waals surface area contributed by atoms with Gasteiger partial charge < -0.3 is 19.2 Å². The summed E-state index contributed by atoms with van der Waals surface area (Å²) in [6.45, 7) is 0.280. The van der Waals surface area contributed by atoms with E-state index in [4.69, 9.17) is 13.9 Å². The maximum atomic E-state index is 11.9. The zero-order valence-electron chi connectivity index (χ0n) is 10.2. The van der Waals surface area contributed by atoms with Crippen LogP contribution in [-0.4, -0.2) is 37.9 Å². The van der Waals surface area contributed by atoms with Gasteiger partial charge in [0.25, 0.3) is 5.91 Å². The molecule has 0 unspecified atom stereocenters. The van der Waals surface area contributed by atoms with Crippen LogP contribution in [0.2, 0.25) is 0 Å². The molecule has 96 valence electrons. The van der Waals surface area contributed by atoms with Crippen LogP contribution in [0, 0.1) is 0 Å². The summed E-state index contributed by atoms with van der Waals surface area (Å²) in [6, 6.07) is 5.06. The fourth-order valence-corrected chi connectivity index (χ4v) is 1.54. The molecular formula is C12H14N2O4.